The van der Waals surface area contributed by atoms with E-state index in [1.807, 2.05) is 0 Å². The molecule has 10 atom stereocenters. The van der Waals surface area contributed by atoms with E-state index in [0.29, 0.717) is 23.7 Å². The van der Waals surface area contributed by atoms with Crippen LogP contribution in [0.1, 0.15) is 124 Å². The van der Waals surface area contributed by atoms with Crippen molar-refractivity contribution in [1.82, 2.24) is 0 Å². The molecular weight excluding hydrogens is 578 g/mol. The number of hydrogen-bond acceptors (Lipinski definition) is 4. The quantitative estimate of drug-likeness (QED) is 0.315. The zero-order valence-electron chi connectivity index (χ0n) is 27.4. The number of sulfone groups is 1. The van der Waals surface area contributed by atoms with E-state index in [1.54, 1.807) is 30.3 Å². The van der Waals surface area contributed by atoms with Gasteiger partial charge in [0.1, 0.15) is 0 Å². The molecule has 2 N–H and O–H groups in total. The number of halogens is 2. The minimum atomic E-state index is -3.80. The Kier molecular flexibility index (Phi) is 8.43. The smallest absolute Gasteiger partial charge is 0.248 e. The van der Waals surface area contributed by atoms with Crippen molar-refractivity contribution in [3.63, 3.8) is 0 Å². The molecule has 5 saturated carbocycles. The van der Waals surface area contributed by atoms with Crippen LogP contribution >= 0.6 is 0 Å². The van der Waals surface area contributed by atoms with Crippen LogP contribution in [-0.4, -0.2) is 41.0 Å². The number of fused-ring (bicyclic) bond motifs is 5. The van der Waals surface area contributed by atoms with Crippen LogP contribution in [-0.2, 0) is 9.84 Å². The fraction of sp³-hybridized carbons (Fsp3) is 0.838. The van der Waals surface area contributed by atoms with Crippen LogP contribution in [0.2, 0.25) is 0 Å². The fourth-order valence-electron chi connectivity index (χ4n) is 11.8. The highest BCUT2D eigenvalue weighted by Gasteiger charge is 2.62. The summed E-state index contributed by atoms with van der Waals surface area (Å²) in [5.74, 6) is -0.370. The van der Waals surface area contributed by atoms with Crippen molar-refractivity contribution in [2.45, 2.75) is 151 Å². The molecule has 0 bridgehead atoms. The van der Waals surface area contributed by atoms with Gasteiger partial charge in [0.05, 0.1) is 21.3 Å². The first kappa shape index (κ1) is 32.9. The molecule has 0 amide bonds. The molecule has 6 rings (SSSR count). The van der Waals surface area contributed by atoms with Crippen molar-refractivity contribution in [3.05, 3.63) is 30.3 Å². The van der Waals surface area contributed by atoms with Crippen LogP contribution < -0.4 is 0 Å². The molecule has 1 aromatic rings. The van der Waals surface area contributed by atoms with Gasteiger partial charge >= 0.3 is 0 Å². The van der Waals surface area contributed by atoms with Gasteiger partial charge in [0.25, 0.3) is 0 Å². The molecule has 1 unspecified atom stereocenters. The molecular formula is C37H56F2O4S. The maximum absolute atomic E-state index is 14.4. The summed E-state index contributed by atoms with van der Waals surface area (Å²) in [4.78, 5) is 0.264. The van der Waals surface area contributed by atoms with Gasteiger partial charge in [-0.1, -0.05) is 45.9 Å². The molecule has 0 aromatic heterocycles. The Labute approximate surface area is 264 Å². The highest BCUT2D eigenvalue weighted by atomic mass is 32.2. The summed E-state index contributed by atoms with van der Waals surface area (Å²) < 4.78 is 56.9. The number of rotatable bonds is 7. The van der Waals surface area contributed by atoms with Gasteiger partial charge in [0.15, 0.2) is 9.84 Å². The normalized spacial score (nSPS) is 42.9. The van der Waals surface area contributed by atoms with Gasteiger partial charge in [0.2, 0.25) is 5.92 Å². The zero-order valence-corrected chi connectivity index (χ0v) is 28.2. The predicted molar refractivity (Wildman–Crippen MR) is 170 cm³/mol. The van der Waals surface area contributed by atoms with Crippen LogP contribution in [0.5, 0.6) is 0 Å². The molecule has 5 aliphatic carbocycles. The summed E-state index contributed by atoms with van der Waals surface area (Å²) >= 11 is 0. The molecule has 7 heteroatoms. The predicted octanol–water partition coefficient (Wildman–Crippen LogP) is 8.60. The average molecular weight is 635 g/mol. The van der Waals surface area contributed by atoms with Crippen molar-refractivity contribution < 1.29 is 27.4 Å². The van der Waals surface area contributed by atoms with Gasteiger partial charge in [-0.3, -0.25) is 0 Å². The van der Waals surface area contributed by atoms with Crippen molar-refractivity contribution in [2.24, 2.45) is 46.3 Å². The summed E-state index contributed by atoms with van der Waals surface area (Å²) in [5, 5.41) is 22.0. The minimum absolute atomic E-state index is 0.0187. The molecule has 5 fully saturated rings. The molecule has 0 radical (unpaired) electrons. The summed E-state index contributed by atoms with van der Waals surface area (Å²) in [7, 11) is -3.80. The van der Waals surface area contributed by atoms with Crippen LogP contribution in [0.3, 0.4) is 0 Å². The van der Waals surface area contributed by atoms with E-state index in [9.17, 15) is 27.4 Å². The third-order valence-corrected chi connectivity index (χ3v) is 17.1. The van der Waals surface area contributed by atoms with Crippen LogP contribution in [0.25, 0.3) is 0 Å². The molecule has 0 saturated heterocycles. The molecule has 5 aliphatic rings. The molecule has 4 nitrogen and oxygen atoms in total. The number of aliphatic hydroxyl groups is 2. The standard InChI is InChI=1S/C37H56F2O4S/c1-5-35(40)18-17-33(3)26(23-35)11-12-28-30-14-13-29(34(30,4)16-15-31(28)33)25(2)32(44(42,43)27-9-7-6-8-10-27)24-36(41)19-21-37(38,39)22-20-36/h6-10,25-26,28-32,40-41H,5,11-24H2,1-4H3/t25-,26-,28-,29+,30-,31-,32?,33-,34+,35-/m0/s1. The topological polar surface area (TPSA) is 74.6 Å². The summed E-state index contributed by atoms with van der Waals surface area (Å²) in [6.45, 7) is 9.14. The molecule has 0 heterocycles. The second kappa shape index (κ2) is 11.3. The lowest BCUT2D eigenvalue weighted by Crippen LogP contribution is -2.56. The van der Waals surface area contributed by atoms with E-state index in [4.69, 9.17) is 0 Å². The highest BCUT2D eigenvalue weighted by molar-refractivity contribution is 7.92. The first-order chi connectivity index (χ1) is 20.6. The Morgan fingerprint density at radius 2 is 1.45 bits per heavy atom. The highest BCUT2D eigenvalue weighted by Crippen LogP contribution is 2.69. The van der Waals surface area contributed by atoms with Gasteiger partial charge in [-0.2, -0.15) is 0 Å². The zero-order chi connectivity index (χ0) is 31.8. The first-order valence-electron chi connectivity index (χ1n) is 17.7. The lowest BCUT2D eigenvalue weighted by atomic mass is 9.43. The largest absolute Gasteiger partial charge is 0.390 e. The summed E-state index contributed by atoms with van der Waals surface area (Å²) in [6.07, 6.45) is 9.59. The lowest BCUT2D eigenvalue weighted by Gasteiger charge is -2.62. The maximum atomic E-state index is 14.4. The Morgan fingerprint density at radius 3 is 2.11 bits per heavy atom. The Morgan fingerprint density at radius 1 is 0.818 bits per heavy atom. The minimum Gasteiger partial charge on any atom is -0.390 e. The molecule has 0 spiro atoms. The second-order valence-corrected chi connectivity index (χ2v) is 18.9. The van der Waals surface area contributed by atoms with Crippen LogP contribution in [0.4, 0.5) is 8.78 Å². The Balaban J connectivity index is 1.27. The first-order valence-corrected chi connectivity index (χ1v) is 19.2. The van der Waals surface area contributed by atoms with Crippen molar-refractivity contribution >= 4 is 9.84 Å². The average Bonchev–Trinajstić information content (AvgIpc) is 3.35. The van der Waals surface area contributed by atoms with Crippen LogP contribution in [0, 0.1) is 46.3 Å². The van der Waals surface area contributed by atoms with Gasteiger partial charge in [-0.05, 0) is 142 Å². The second-order valence-electron chi connectivity index (χ2n) is 16.7. The number of alkyl halides is 2. The Bertz CT molecular complexity index is 1290. The Hall–Kier alpha value is -1.05. The third kappa shape index (κ3) is 5.51. The molecule has 248 valence electrons. The summed E-state index contributed by atoms with van der Waals surface area (Å²) in [5.41, 5.74) is -1.62. The monoisotopic (exact) mass is 634 g/mol. The third-order valence-electron chi connectivity index (χ3n) is 14.7. The van der Waals surface area contributed by atoms with Crippen molar-refractivity contribution in [3.8, 4) is 0 Å². The fourth-order valence-corrected chi connectivity index (χ4v) is 14.0. The van der Waals surface area contributed by atoms with Crippen molar-refractivity contribution in [1.29, 1.82) is 0 Å². The summed E-state index contributed by atoms with van der Waals surface area (Å²) in [6, 6.07) is 8.56. The van der Waals surface area contributed by atoms with Crippen molar-refractivity contribution in [2.75, 3.05) is 0 Å². The van der Waals surface area contributed by atoms with E-state index in [-0.39, 0.29) is 46.8 Å². The molecule has 1 aromatic carbocycles. The van der Waals surface area contributed by atoms with Gasteiger partial charge in [0, 0.05) is 12.8 Å². The van der Waals surface area contributed by atoms with Gasteiger partial charge < -0.3 is 10.2 Å². The number of hydrogen-bond donors (Lipinski definition) is 2. The van der Waals surface area contributed by atoms with Crippen LogP contribution in [0.15, 0.2) is 35.2 Å². The van der Waals surface area contributed by atoms with Gasteiger partial charge in [-0.25, -0.2) is 17.2 Å². The van der Waals surface area contributed by atoms with Gasteiger partial charge in [-0.15, -0.1) is 0 Å². The lowest BCUT2D eigenvalue weighted by molar-refractivity contribution is -0.153. The van der Waals surface area contributed by atoms with E-state index < -0.39 is 45.1 Å². The maximum Gasteiger partial charge on any atom is 0.248 e. The molecule has 0 aliphatic heterocycles. The van der Waals surface area contributed by atoms with E-state index in [0.717, 1.165) is 51.4 Å². The number of benzene rings is 1. The van der Waals surface area contributed by atoms with E-state index in [1.165, 1.54) is 12.8 Å². The van der Waals surface area contributed by atoms with E-state index in [2.05, 4.69) is 27.7 Å². The van der Waals surface area contributed by atoms with E-state index >= 15 is 0 Å². The SMILES string of the molecule is CC[C@]1(O)CC[C@@]2(C)[C@@H](CC[C@@H]3[C@@H]2CC[C@]2(C)[C@@H]([C@H](C)C(CC4(O)CCC(F)(F)CC4)S(=O)(=O)c4ccccc4)CC[C@@H]32)C1. The molecule has 44 heavy (non-hydrogen) atoms.